The lowest BCUT2D eigenvalue weighted by Crippen LogP contribution is -2.43. The predicted octanol–water partition coefficient (Wildman–Crippen LogP) is 3.61. The molecule has 2 aliphatic rings. The van der Waals surface area contributed by atoms with E-state index >= 15 is 0 Å². The first kappa shape index (κ1) is 22.8. The molecule has 1 amide bonds. The van der Waals surface area contributed by atoms with Crippen LogP contribution in [0.4, 0.5) is 17.5 Å². The second kappa shape index (κ2) is 9.65. The van der Waals surface area contributed by atoms with Crippen molar-refractivity contribution in [2.75, 3.05) is 34.8 Å². The maximum absolute atomic E-state index is 13.4. The van der Waals surface area contributed by atoms with Gasteiger partial charge < -0.3 is 15.1 Å². The van der Waals surface area contributed by atoms with Gasteiger partial charge in [0.1, 0.15) is 11.7 Å². The Balaban J connectivity index is 1.77. The number of piperidine rings is 1. The van der Waals surface area contributed by atoms with Crippen LogP contribution in [-0.2, 0) is 4.79 Å². The van der Waals surface area contributed by atoms with E-state index in [0.717, 1.165) is 56.6 Å². The van der Waals surface area contributed by atoms with Crippen molar-refractivity contribution in [1.29, 1.82) is 5.26 Å². The van der Waals surface area contributed by atoms with Gasteiger partial charge in [0.25, 0.3) is 5.56 Å². The lowest BCUT2D eigenvalue weighted by Gasteiger charge is -2.36. The zero-order chi connectivity index (χ0) is 23.5. The van der Waals surface area contributed by atoms with Crippen molar-refractivity contribution in [2.24, 2.45) is 5.92 Å². The number of aromatic nitrogens is 2. The van der Waals surface area contributed by atoms with Crippen molar-refractivity contribution in [3.05, 3.63) is 45.7 Å². The number of nitrogens with zero attached hydrogens (tertiary/aromatic N) is 4. The molecule has 2 N–H and O–H groups in total. The molecule has 3 unspecified atom stereocenters. The van der Waals surface area contributed by atoms with Gasteiger partial charge in [0.05, 0.1) is 11.6 Å². The van der Waals surface area contributed by atoms with E-state index in [1.807, 2.05) is 24.3 Å². The highest BCUT2D eigenvalue weighted by molar-refractivity contribution is 5.98. The zero-order valence-electron chi connectivity index (χ0n) is 19.6. The zero-order valence-corrected chi connectivity index (χ0v) is 19.6. The van der Waals surface area contributed by atoms with E-state index in [-0.39, 0.29) is 11.4 Å². The molecule has 3 heterocycles. The minimum Gasteiger partial charge on any atom is -0.372 e. The topological polar surface area (TPSA) is 105 Å². The first-order chi connectivity index (χ1) is 16.0. The molecule has 174 valence electrons. The monoisotopic (exact) mass is 448 g/mol. The van der Waals surface area contributed by atoms with Gasteiger partial charge in [-0.15, -0.1) is 0 Å². The van der Waals surface area contributed by atoms with Crippen LogP contribution in [0.1, 0.15) is 63.5 Å². The summed E-state index contributed by atoms with van der Waals surface area (Å²) in [6, 6.07) is 10.2. The Morgan fingerprint density at radius 1 is 1.15 bits per heavy atom. The number of aromatic amines is 1. The second-order valence-corrected chi connectivity index (χ2v) is 8.74. The van der Waals surface area contributed by atoms with Gasteiger partial charge in [0, 0.05) is 37.3 Å². The van der Waals surface area contributed by atoms with E-state index in [0.29, 0.717) is 17.6 Å². The summed E-state index contributed by atoms with van der Waals surface area (Å²) in [5, 5.41) is 12.5. The van der Waals surface area contributed by atoms with E-state index < -0.39 is 17.7 Å². The Hall–Kier alpha value is -3.34. The normalized spacial score (nSPS) is 22.3. The summed E-state index contributed by atoms with van der Waals surface area (Å²) in [4.78, 5) is 38.2. The molecular formula is C25H32N6O2. The fraction of sp³-hybridized carbons (Fsp3) is 0.520. The van der Waals surface area contributed by atoms with Gasteiger partial charge in [-0.1, -0.05) is 19.1 Å². The summed E-state index contributed by atoms with van der Waals surface area (Å²) in [5.74, 6) is -1.32. The van der Waals surface area contributed by atoms with Crippen molar-refractivity contribution < 1.29 is 4.79 Å². The highest BCUT2D eigenvalue weighted by Crippen LogP contribution is 2.39. The van der Waals surface area contributed by atoms with Crippen molar-refractivity contribution in [1.82, 2.24) is 9.97 Å². The van der Waals surface area contributed by atoms with E-state index in [2.05, 4.69) is 51.9 Å². The summed E-state index contributed by atoms with van der Waals surface area (Å²) in [6.07, 6.45) is 4.23. The number of hydrogen-bond donors (Lipinski definition) is 2. The summed E-state index contributed by atoms with van der Waals surface area (Å²) < 4.78 is 0. The summed E-state index contributed by atoms with van der Waals surface area (Å²) in [6.45, 7) is 8.92. The Kier molecular flexibility index (Phi) is 6.68. The van der Waals surface area contributed by atoms with Crippen molar-refractivity contribution >= 4 is 23.4 Å². The number of carbonyl (C=O) groups excluding carboxylic acids is 1. The van der Waals surface area contributed by atoms with Crippen molar-refractivity contribution in [2.45, 2.75) is 58.4 Å². The summed E-state index contributed by atoms with van der Waals surface area (Å²) in [5.41, 5.74) is 1.88. The van der Waals surface area contributed by atoms with Crippen LogP contribution in [0.3, 0.4) is 0 Å². The molecule has 3 atom stereocenters. The van der Waals surface area contributed by atoms with Gasteiger partial charge in [-0.3, -0.25) is 14.6 Å². The number of fused-ring (bicyclic) bond motifs is 1. The average Bonchev–Trinajstić information content (AvgIpc) is 2.84. The van der Waals surface area contributed by atoms with Gasteiger partial charge in [-0.05, 0) is 57.2 Å². The van der Waals surface area contributed by atoms with Crippen molar-refractivity contribution in [3.8, 4) is 6.07 Å². The van der Waals surface area contributed by atoms with Gasteiger partial charge in [0.15, 0.2) is 0 Å². The third-order valence-electron chi connectivity index (χ3n) is 7.00. The fourth-order valence-electron chi connectivity index (χ4n) is 5.18. The smallest absolute Gasteiger partial charge is 0.258 e. The summed E-state index contributed by atoms with van der Waals surface area (Å²) in [7, 11) is 0. The Morgan fingerprint density at radius 2 is 1.88 bits per heavy atom. The molecule has 0 saturated carbocycles. The van der Waals surface area contributed by atoms with E-state index in [9.17, 15) is 14.9 Å². The van der Waals surface area contributed by atoms with Gasteiger partial charge in [-0.2, -0.15) is 10.2 Å². The molecule has 2 aromatic rings. The lowest BCUT2D eigenvalue weighted by atomic mass is 9.79. The molecule has 1 aromatic carbocycles. The average molecular weight is 449 g/mol. The fourth-order valence-corrected chi connectivity index (χ4v) is 5.18. The molecule has 1 aromatic heterocycles. The Labute approximate surface area is 194 Å². The largest absolute Gasteiger partial charge is 0.372 e. The SMILES string of the molecule is CCC1CCCCN1c1nc2c(c(=O)[nH]1)C(c1ccc(N(CC)CC)cc1)C(C#N)C(=O)N2. The molecule has 0 spiro atoms. The quantitative estimate of drug-likeness (QED) is 0.699. The predicted molar refractivity (Wildman–Crippen MR) is 130 cm³/mol. The van der Waals surface area contributed by atoms with Crippen LogP contribution >= 0.6 is 0 Å². The standard InChI is InChI=1S/C25H32N6O2/c1-4-17-9-7-8-14-31(17)25-28-22-21(24(33)29-25)20(19(15-26)23(32)27-22)16-10-12-18(13-11-16)30(5-2)6-3/h10-13,17,19-20H,4-9,14H2,1-3H3,(H2,27,28,29,32,33). The third-order valence-corrected chi connectivity index (χ3v) is 7.00. The lowest BCUT2D eigenvalue weighted by molar-refractivity contribution is -0.119. The second-order valence-electron chi connectivity index (χ2n) is 8.74. The number of rotatable bonds is 6. The number of carbonyl (C=O) groups is 1. The minimum absolute atomic E-state index is 0.267. The van der Waals surface area contributed by atoms with E-state index in [4.69, 9.17) is 0 Å². The van der Waals surface area contributed by atoms with E-state index in [1.54, 1.807) is 0 Å². The van der Waals surface area contributed by atoms with Crippen LogP contribution in [0.15, 0.2) is 29.1 Å². The highest BCUT2D eigenvalue weighted by Gasteiger charge is 2.40. The van der Waals surface area contributed by atoms with Crippen LogP contribution in [0.2, 0.25) is 0 Å². The molecule has 2 aliphatic heterocycles. The van der Waals surface area contributed by atoms with Gasteiger partial charge >= 0.3 is 0 Å². The number of nitriles is 1. The van der Waals surface area contributed by atoms with Crippen LogP contribution in [0.5, 0.6) is 0 Å². The van der Waals surface area contributed by atoms with Crippen LogP contribution in [0.25, 0.3) is 0 Å². The maximum atomic E-state index is 13.4. The Morgan fingerprint density at radius 3 is 2.52 bits per heavy atom. The number of nitrogens with one attached hydrogen (secondary N) is 2. The molecule has 1 fully saturated rings. The molecular weight excluding hydrogens is 416 g/mol. The number of amides is 1. The molecule has 4 rings (SSSR count). The third kappa shape index (κ3) is 4.20. The molecule has 8 heteroatoms. The van der Waals surface area contributed by atoms with E-state index in [1.165, 1.54) is 0 Å². The van der Waals surface area contributed by atoms with Gasteiger partial charge in [0.2, 0.25) is 11.9 Å². The van der Waals surface area contributed by atoms with Gasteiger partial charge in [-0.25, -0.2) is 0 Å². The van der Waals surface area contributed by atoms with Crippen LogP contribution in [0, 0.1) is 17.2 Å². The number of H-pyrrole nitrogens is 1. The molecule has 33 heavy (non-hydrogen) atoms. The van der Waals surface area contributed by atoms with Crippen molar-refractivity contribution in [3.63, 3.8) is 0 Å². The van der Waals surface area contributed by atoms with Crippen LogP contribution in [-0.4, -0.2) is 41.6 Å². The number of hydrogen-bond acceptors (Lipinski definition) is 6. The first-order valence-corrected chi connectivity index (χ1v) is 12.0. The number of anilines is 3. The molecule has 8 nitrogen and oxygen atoms in total. The molecule has 0 radical (unpaired) electrons. The summed E-state index contributed by atoms with van der Waals surface area (Å²) >= 11 is 0. The maximum Gasteiger partial charge on any atom is 0.258 e. The first-order valence-electron chi connectivity index (χ1n) is 12.0. The molecule has 1 saturated heterocycles. The molecule has 0 bridgehead atoms. The Bertz CT molecular complexity index is 1100. The highest BCUT2D eigenvalue weighted by atomic mass is 16.2. The number of benzene rings is 1. The minimum atomic E-state index is -0.996. The van der Waals surface area contributed by atoms with Crippen LogP contribution < -0.4 is 20.7 Å². The molecule has 0 aliphatic carbocycles.